The number of nitrogens with one attached hydrogen (secondary N) is 3. The molecule has 184 valence electrons. The molecule has 6 rings (SSSR count). The second kappa shape index (κ2) is 9.02. The molecule has 0 aliphatic heterocycles. The molecule has 0 radical (unpaired) electrons. The largest absolute Gasteiger partial charge is 0.353 e. The normalized spacial score (nSPS) is 11.6. The summed E-state index contributed by atoms with van der Waals surface area (Å²) in [6.45, 7) is 6.00. The first-order valence-electron chi connectivity index (χ1n) is 12.2. The van der Waals surface area contributed by atoms with Gasteiger partial charge in [-0.25, -0.2) is 9.97 Å². The van der Waals surface area contributed by atoms with E-state index in [4.69, 9.17) is 0 Å². The van der Waals surface area contributed by atoms with E-state index in [0.717, 1.165) is 55.8 Å². The highest BCUT2D eigenvalue weighted by Crippen LogP contribution is 2.33. The molecule has 0 fully saturated rings. The van der Waals surface area contributed by atoms with Gasteiger partial charge < -0.3 is 10.3 Å². The average Bonchev–Trinajstić information content (AvgIpc) is 3.60. The van der Waals surface area contributed by atoms with E-state index in [2.05, 4.69) is 47.6 Å². The zero-order valence-electron chi connectivity index (χ0n) is 20.8. The maximum absolute atomic E-state index is 12.2. The van der Waals surface area contributed by atoms with Crippen molar-refractivity contribution in [2.75, 3.05) is 5.32 Å². The van der Waals surface area contributed by atoms with Crippen LogP contribution in [0.5, 0.6) is 0 Å². The highest BCUT2D eigenvalue weighted by atomic mass is 16.1. The molecule has 0 aliphatic carbocycles. The van der Waals surface area contributed by atoms with E-state index >= 15 is 0 Å². The van der Waals surface area contributed by atoms with Gasteiger partial charge in [-0.1, -0.05) is 19.9 Å². The van der Waals surface area contributed by atoms with Gasteiger partial charge in [-0.15, -0.1) is 0 Å². The summed E-state index contributed by atoms with van der Waals surface area (Å²) in [5, 5.41) is 12.7. The number of carbonyl (C=O) groups excluding carboxylic acids is 1. The number of aryl methyl sites for hydroxylation is 1. The van der Waals surface area contributed by atoms with Gasteiger partial charge in [-0.3, -0.25) is 19.4 Å². The van der Waals surface area contributed by atoms with Crippen LogP contribution < -0.4 is 5.32 Å². The third-order valence-electron chi connectivity index (χ3n) is 6.25. The summed E-state index contributed by atoms with van der Waals surface area (Å²) in [6, 6.07) is 12.1. The Morgan fingerprint density at radius 1 is 1.03 bits per heavy atom. The van der Waals surface area contributed by atoms with Gasteiger partial charge in [-0.05, 0) is 48.7 Å². The second-order valence-electron chi connectivity index (χ2n) is 9.64. The summed E-state index contributed by atoms with van der Waals surface area (Å²) in [5.74, 6) is 1.09. The molecule has 1 aromatic carbocycles. The summed E-state index contributed by atoms with van der Waals surface area (Å²) in [5.41, 5.74) is 7.10. The molecule has 3 N–H and O–H groups in total. The fourth-order valence-electron chi connectivity index (χ4n) is 4.56. The molecule has 9 heteroatoms. The van der Waals surface area contributed by atoms with Crippen molar-refractivity contribution in [3.8, 4) is 28.3 Å². The van der Waals surface area contributed by atoms with Crippen LogP contribution in [-0.2, 0) is 4.79 Å². The van der Waals surface area contributed by atoms with Crippen LogP contribution in [0.25, 0.3) is 50.1 Å². The molecule has 5 aromatic heterocycles. The van der Waals surface area contributed by atoms with Crippen LogP contribution >= 0.6 is 0 Å². The molecule has 0 saturated carbocycles. The first kappa shape index (κ1) is 22.7. The third-order valence-corrected chi connectivity index (χ3v) is 6.25. The average molecular weight is 491 g/mol. The molecule has 5 heterocycles. The number of aromatic amines is 2. The van der Waals surface area contributed by atoms with Crippen molar-refractivity contribution in [1.29, 1.82) is 0 Å². The van der Waals surface area contributed by atoms with E-state index in [1.807, 2.05) is 55.8 Å². The van der Waals surface area contributed by atoms with E-state index in [-0.39, 0.29) is 5.91 Å². The number of carbonyl (C=O) groups is 1. The Morgan fingerprint density at radius 2 is 1.92 bits per heavy atom. The quantitative estimate of drug-likeness (QED) is 0.279. The van der Waals surface area contributed by atoms with Gasteiger partial charge in [0.25, 0.3) is 0 Å². The maximum Gasteiger partial charge on any atom is 0.224 e. The van der Waals surface area contributed by atoms with Crippen molar-refractivity contribution in [1.82, 2.24) is 34.7 Å². The monoisotopic (exact) mass is 490 g/mol. The van der Waals surface area contributed by atoms with E-state index in [1.54, 1.807) is 24.9 Å². The van der Waals surface area contributed by atoms with E-state index in [1.165, 1.54) is 0 Å². The fraction of sp³-hybridized carbons (Fsp3) is 0.179. The molecule has 37 heavy (non-hydrogen) atoms. The van der Waals surface area contributed by atoms with Crippen LogP contribution in [0, 0.1) is 12.8 Å². The van der Waals surface area contributed by atoms with E-state index in [9.17, 15) is 4.79 Å². The number of rotatable bonds is 6. The third kappa shape index (κ3) is 4.35. The molecule has 0 aliphatic rings. The number of aromatic nitrogens is 7. The predicted molar refractivity (Wildman–Crippen MR) is 144 cm³/mol. The topological polar surface area (TPSA) is 117 Å². The van der Waals surface area contributed by atoms with Gasteiger partial charge in [0.2, 0.25) is 5.91 Å². The second-order valence-corrected chi connectivity index (χ2v) is 9.64. The minimum atomic E-state index is -0.0138. The highest BCUT2D eigenvalue weighted by Gasteiger charge is 2.15. The number of imidazole rings is 1. The van der Waals surface area contributed by atoms with Crippen LogP contribution in [0.4, 0.5) is 5.69 Å². The number of hydrogen-bond donors (Lipinski definition) is 3. The van der Waals surface area contributed by atoms with Crippen LogP contribution in [0.1, 0.15) is 26.0 Å². The van der Waals surface area contributed by atoms with Gasteiger partial charge >= 0.3 is 0 Å². The SMILES string of the molecule is Cc1cn(-c2nccc3[nH]c(-c4n[nH]c5ccc(-c6cncc(NC(=O)CC(C)C)c6)cc45)cc23)cn1. The molecule has 6 aromatic rings. The van der Waals surface area contributed by atoms with Crippen LogP contribution in [0.15, 0.2) is 67.5 Å². The molecule has 0 saturated heterocycles. The first-order chi connectivity index (χ1) is 17.9. The number of H-pyrrole nitrogens is 2. The molecule has 0 spiro atoms. The van der Waals surface area contributed by atoms with E-state index < -0.39 is 0 Å². The zero-order chi connectivity index (χ0) is 25.5. The first-order valence-corrected chi connectivity index (χ1v) is 12.2. The highest BCUT2D eigenvalue weighted by molar-refractivity contribution is 5.99. The van der Waals surface area contributed by atoms with Gasteiger partial charge in [0, 0.05) is 41.3 Å². The van der Waals surface area contributed by atoms with Crippen LogP contribution in [-0.4, -0.2) is 40.6 Å². The summed E-state index contributed by atoms with van der Waals surface area (Å²) in [6.07, 6.45) is 9.45. The van der Waals surface area contributed by atoms with Crippen molar-refractivity contribution in [3.05, 3.63) is 73.2 Å². The number of pyridine rings is 2. The van der Waals surface area contributed by atoms with E-state index in [0.29, 0.717) is 18.0 Å². The Bertz CT molecular complexity index is 1760. The summed E-state index contributed by atoms with van der Waals surface area (Å²) >= 11 is 0. The van der Waals surface area contributed by atoms with Crippen molar-refractivity contribution >= 4 is 33.4 Å². The van der Waals surface area contributed by atoms with Crippen molar-refractivity contribution in [2.45, 2.75) is 27.2 Å². The zero-order valence-corrected chi connectivity index (χ0v) is 20.8. The molecular formula is C28H26N8O. The number of nitrogens with zero attached hydrogens (tertiary/aromatic N) is 5. The Balaban J connectivity index is 1.38. The Hall–Kier alpha value is -4.79. The molecule has 0 unspecified atom stereocenters. The molecule has 0 bridgehead atoms. The Morgan fingerprint density at radius 3 is 2.73 bits per heavy atom. The van der Waals surface area contributed by atoms with Crippen molar-refractivity contribution in [3.63, 3.8) is 0 Å². The number of hydrogen-bond acceptors (Lipinski definition) is 5. The minimum absolute atomic E-state index is 0.0138. The summed E-state index contributed by atoms with van der Waals surface area (Å²) in [4.78, 5) is 29.0. The minimum Gasteiger partial charge on any atom is -0.353 e. The fourth-order valence-corrected chi connectivity index (χ4v) is 4.56. The Labute approximate surface area is 213 Å². The smallest absolute Gasteiger partial charge is 0.224 e. The Kier molecular flexibility index (Phi) is 5.52. The molecular weight excluding hydrogens is 464 g/mol. The number of anilines is 1. The maximum atomic E-state index is 12.2. The number of amides is 1. The molecule has 0 atom stereocenters. The predicted octanol–water partition coefficient (Wildman–Crippen LogP) is 5.65. The van der Waals surface area contributed by atoms with Gasteiger partial charge in [0.1, 0.15) is 17.8 Å². The van der Waals surface area contributed by atoms with Crippen LogP contribution in [0.3, 0.4) is 0 Å². The lowest BCUT2D eigenvalue weighted by molar-refractivity contribution is -0.116. The molecule has 9 nitrogen and oxygen atoms in total. The lowest BCUT2D eigenvalue weighted by Gasteiger charge is -2.09. The standard InChI is InChI=1S/C28H26N8O/c1-16(2)8-26(37)32-20-9-19(12-29-13-20)18-4-5-24-21(10-18)27(35-34-24)25-11-22-23(33-25)6-7-30-28(22)36-14-17(3)31-15-36/h4-7,9-16,33H,8H2,1-3H3,(H,32,37)(H,34,35). The lowest BCUT2D eigenvalue weighted by Crippen LogP contribution is -2.13. The summed E-state index contributed by atoms with van der Waals surface area (Å²) in [7, 11) is 0. The molecule has 1 amide bonds. The van der Waals surface area contributed by atoms with Gasteiger partial charge in [0.05, 0.1) is 34.3 Å². The lowest BCUT2D eigenvalue weighted by atomic mass is 10.0. The number of benzene rings is 1. The number of fused-ring (bicyclic) bond motifs is 2. The van der Waals surface area contributed by atoms with Crippen LogP contribution in [0.2, 0.25) is 0 Å². The van der Waals surface area contributed by atoms with Crippen molar-refractivity contribution in [2.24, 2.45) is 5.92 Å². The van der Waals surface area contributed by atoms with Gasteiger partial charge in [0.15, 0.2) is 0 Å². The summed E-state index contributed by atoms with van der Waals surface area (Å²) < 4.78 is 1.93. The van der Waals surface area contributed by atoms with Crippen molar-refractivity contribution < 1.29 is 4.79 Å². The van der Waals surface area contributed by atoms with Gasteiger partial charge in [-0.2, -0.15) is 5.10 Å².